The number of methoxy groups -OCH3 is 1. The highest BCUT2D eigenvalue weighted by Crippen LogP contribution is 2.44. The average molecular weight is 276 g/mol. The lowest BCUT2D eigenvalue weighted by atomic mass is 9.97. The first kappa shape index (κ1) is 13.7. The van der Waals surface area contributed by atoms with Crippen molar-refractivity contribution in [1.82, 2.24) is 10.2 Å². The standard InChI is InChI=1S/C16H24N2O2/c1-20-15-4-2-3-13(16(15)19)14(11-12-5-6-12)18-9-7-17-8-10-18/h2-4,12,14,17,19H,5-11H2,1H3/t14-/m0/s1. The summed E-state index contributed by atoms with van der Waals surface area (Å²) in [6, 6.07) is 6.17. The van der Waals surface area contributed by atoms with E-state index in [4.69, 9.17) is 4.74 Å². The number of para-hydroxylation sites is 1. The number of hydrogen-bond donors (Lipinski definition) is 2. The molecule has 110 valence electrons. The molecule has 0 radical (unpaired) electrons. The summed E-state index contributed by atoms with van der Waals surface area (Å²) in [6.45, 7) is 4.17. The van der Waals surface area contributed by atoms with Gasteiger partial charge in [0.2, 0.25) is 0 Å². The summed E-state index contributed by atoms with van der Waals surface area (Å²) in [4.78, 5) is 2.50. The zero-order valence-electron chi connectivity index (χ0n) is 12.1. The molecule has 3 rings (SSSR count). The normalized spacial score (nSPS) is 21.6. The number of hydrogen-bond acceptors (Lipinski definition) is 4. The molecule has 1 aliphatic carbocycles. The van der Waals surface area contributed by atoms with E-state index in [1.807, 2.05) is 18.2 Å². The predicted molar refractivity (Wildman–Crippen MR) is 79.2 cm³/mol. The van der Waals surface area contributed by atoms with E-state index in [-0.39, 0.29) is 0 Å². The molecule has 0 aromatic heterocycles. The zero-order valence-corrected chi connectivity index (χ0v) is 12.1. The fourth-order valence-corrected chi connectivity index (χ4v) is 3.11. The number of benzene rings is 1. The van der Waals surface area contributed by atoms with Gasteiger partial charge in [-0.2, -0.15) is 0 Å². The highest BCUT2D eigenvalue weighted by Gasteiger charge is 2.32. The molecule has 4 nitrogen and oxygen atoms in total. The monoisotopic (exact) mass is 276 g/mol. The Kier molecular flexibility index (Phi) is 4.13. The molecule has 0 unspecified atom stereocenters. The minimum Gasteiger partial charge on any atom is -0.504 e. The first-order valence-corrected chi connectivity index (χ1v) is 7.60. The van der Waals surface area contributed by atoms with Crippen molar-refractivity contribution in [3.05, 3.63) is 23.8 Å². The molecule has 2 aliphatic rings. The molecule has 1 atom stereocenters. The van der Waals surface area contributed by atoms with Crippen molar-refractivity contribution in [2.24, 2.45) is 5.92 Å². The van der Waals surface area contributed by atoms with Crippen LogP contribution < -0.4 is 10.1 Å². The summed E-state index contributed by atoms with van der Waals surface area (Å²) in [5, 5.41) is 13.9. The molecule has 1 aromatic carbocycles. The van der Waals surface area contributed by atoms with Crippen molar-refractivity contribution in [3.8, 4) is 11.5 Å². The maximum Gasteiger partial charge on any atom is 0.162 e. The van der Waals surface area contributed by atoms with Crippen LogP contribution in [0.4, 0.5) is 0 Å². The molecule has 0 bridgehead atoms. The Morgan fingerprint density at radius 1 is 1.35 bits per heavy atom. The lowest BCUT2D eigenvalue weighted by Gasteiger charge is -2.35. The molecule has 2 N–H and O–H groups in total. The van der Waals surface area contributed by atoms with Crippen molar-refractivity contribution in [2.45, 2.75) is 25.3 Å². The third-order valence-corrected chi connectivity index (χ3v) is 4.46. The molecule has 1 aromatic rings. The summed E-state index contributed by atoms with van der Waals surface area (Å²) in [6.07, 6.45) is 3.83. The fraction of sp³-hybridized carbons (Fsp3) is 0.625. The van der Waals surface area contributed by atoms with Gasteiger partial charge >= 0.3 is 0 Å². The van der Waals surface area contributed by atoms with Crippen molar-refractivity contribution in [2.75, 3.05) is 33.3 Å². The molecule has 1 aliphatic heterocycles. The van der Waals surface area contributed by atoms with E-state index in [0.717, 1.165) is 44.1 Å². The second kappa shape index (κ2) is 6.02. The molecule has 0 spiro atoms. The van der Waals surface area contributed by atoms with Crippen molar-refractivity contribution in [3.63, 3.8) is 0 Å². The molecule has 1 saturated carbocycles. The number of nitrogens with zero attached hydrogens (tertiary/aromatic N) is 1. The van der Waals surface area contributed by atoms with Crippen molar-refractivity contribution < 1.29 is 9.84 Å². The van der Waals surface area contributed by atoms with Gasteiger partial charge in [-0.25, -0.2) is 0 Å². The van der Waals surface area contributed by atoms with Crippen LogP contribution in [0.1, 0.15) is 30.9 Å². The summed E-state index contributed by atoms with van der Waals surface area (Å²) < 4.78 is 5.26. The predicted octanol–water partition coefficient (Wildman–Crippen LogP) is 2.15. The van der Waals surface area contributed by atoms with Crippen molar-refractivity contribution in [1.29, 1.82) is 0 Å². The maximum absolute atomic E-state index is 10.5. The van der Waals surface area contributed by atoms with E-state index >= 15 is 0 Å². The lowest BCUT2D eigenvalue weighted by molar-refractivity contribution is 0.157. The summed E-state index contributed by atoms with van der Waals surface area (Å²) >= 11 is 0. The van der Waals surface area contributed by atoms with E-state index in [0.29, 0.717) is 17.5 Å². The summed E-state index contributed by atoms with van der Waals surface area (Å²) in [7, 11) is 1.61. The van der Waals surface area contributed by atoms with E-state index in [9.17, 15) is 5.11 Å². The third kappa shape index (κ3) is 2.91. The molecule has 20 heavy (non-hydrogen) atoms. The summed E-state index contributed by atoms with van der Waals surface area (Å²) in [5.41, 5.74) is 1.03. The van der Waals surface area contributed by atoms with Crippen LogP contribution in [-0.4, -0.2) is 43.3 Å². The first-order chi connectivity index (χ1) is 9.79. The number of phenols is 1. The number of rotatable bonds is 5. The van der Waals surface area contributed by atoms with Gasteiger partial charge in [-0.1, -0.05) is 25.0 Å². The van der Waals surface area contributed by atoms with E-state index in [1.54, 1.807) is 7.11 Å². The van der Waals surface area contributed by atoms with Gasteiger partial charge in [0.15, 0.2) is 11.5 Å². The molecule has 0 amide bonds. The van der Waals surface area contributed by atoms with E-state index in [2.05, 4.69) is 10.2 Å². The number of ether oxygens (including phenoxy) is 1. The van der Waals surface area contributed by atoms with Gasteiger partial charge in [0.25, 0.3) is 0 Å². The van der Waals surface area contributed by atoms with E-state index in [1.165, 1.54) is 12.8 Å². The Balaban J connectivity index is 1.87. The minimum atomic E-state index is 0.319. The Morgan fingerprint density at radius 2 is 2.10 bits per heavy atom. The third-order valence-electron chi connectivity index (χ3n) is 4.46. The largest absolute Gasteiger partial charge is 0.504 e. The van der Waals surface area contributed by atoms with Gasteiger partial charge in [0, 0.05) is 37.8 Å². The smallest absolute Gasteiger partial charge is 0.162 e. The zero-order chi connectivity index (χ0) is 13.9. The molecule has 2 fully saturated rings. The van der Waals surface area contributed by atoms with Gasteiger partial charge in [-0.05, 0) is 18.4 Å². The number of aromatic hydroxyl groups is 1. The van der Waals surface area contributed by atoms with Crippen LogP contribution in [0.5, 0.6) is 11.5 Å². The van der Waals surface area contributed by atoms with Crippen molar-refractivity contribution >= 4 is 0 Å². The van der Waals surface area contributed by atoms with E-state index < -0.39 is 0 Å². The Hall–Kier alpha value is -1.26. The average Bonchev–Trinajstić information content (AvgIpc) is 3.30. The van der Waals surface area contributed by atoms with Crippen LogP contribution in [0.15, 0.2) is 18.2 Å². The van der Waals surface area contributed by atoms with Crippen LogP contribution in [0.3, 0.4) is 0 Å². The molecule has 4 heteroatoms. The topological polar surface area (TPSA) is 44.7 Å². The van der Waals surface area contributed by atoms with Gasteiger partial charge in [0.1, 0.15) is 0 Å². The first-order valence-electron chi connectivity index (χ1n) is 7.60. The van der Waals surface area contributed by atoms with Crippen LogP contribution >= 0.6 is 0 Å². The Bertz CT molecular complexity index is 454. The molecular formula is C16H24N2O2. The SMILES string of the molecule is COc1cccc([C@H](CC2CC2)N2CCNCC2)c1O. The fourth-order valence-electron chi connectivity index (χ4n) is 3.11. The van der Waals surface area contributed by atoms with Crippen LogP contribution in [0.25, 0.3) is 0 Å². The number of piperazine rings is 1. The Morgan fingerprint density at radius 3 is 2.75 bits per heavy atom. The highest BCUT2D eigenvalue weighted by atomic mass is 16.5. The lowest BCUT2D eigenvalue weighted by Crippen LogP contribution is -2.45. The molecular weight excluding hydrogens is 252 g/mol. The van der Waals surface area contributed by atoms with Gasteiger partial charge in [-0.15, -0.1) is 0 Å². The van der Waals surface area contributed by atoms with Gasteiger partial charge < -0.3 is 15.2 Å². The van der Waals surface area contributed by atoms with Crippen LogP contribution in [0.2, 0.25) is 0 Å². The Labute approximate surface area is 120 Å². The minimum absolute atomic E-state index is 0.319. The van der Waals surface area contributed by atoms with Gasteiger partial charge in [0.05, 0.1) is 7.11 Å². The number of phenolic OH excluding ortho intramolecular Hbond substituents is 1. The summed E-state index contributed by atoms with van der Waals surface area (Å²) in [5.74, 6) is 1.73. The molecule has 1 heterocycles. The van der Waals surface area contributed by atoms with Crippen LogP contribution in [0, 0.1) is 5.92 Å². The highest BCUT2D eigenvalue weighted by molar-refractivity contribution is 5.47. The number of nitrogens with one attached hydrogen (secondary N) is 1. The van der Waals surface area contributed by atoms with Crippen LogP contribution in [-0.2, 0) is 0 Å². The molecule has 1 saturated heterocycles. The second-order valence-corrected chi connectivity index (χ2v) is 5.88. The second-order valence-electron chi connectivity index (χ2n) is 5.88. The maximum atomic E-state index is 10.5. The van der Waals surface area contributed by atoms with Gasteiger partial charge in [-0.3, -0.25) is 4.90 Å². The quantitative estimate of drug-likeness (QED) is 0.865.